The molecule has 0 aromatic carbocycles. The third-order valence-corrected chi connectivity index (χ3v) is 4.39. The highest BCUT2D eigenvalue weighted by molar-refractivity contribution is 6.31. The predicted octanol–water partition coefficient (Wildman–Crippen LogP) is 3.66. The van der Waals surface area contributed by atoms with Gasteiger partial charge in [-0.3, -0.25) is 9.20 Å². The van der Waals surface area contributed by atoms with E-state index in [1.165, 1.54) is 0 Å². The molecule has 0 atom stereocenters. The number of hydrogen-bond donors (Lipinski definition) is 0. The van der Waals surface area contributed by atoms with Crippen LogP contribution in [0.25, 0.3) is 11.7 Å². The molecule has 0 aliphatic carbocycles. The number of fused-ring (bicyclic) bond motifs is 1. The maximum absolute atomic E-state index is 12.7. The SMILES string of the molecule is CCC(CC)N(CCOC)C(=O)C=Cc1c(Cl)nc2ccccn12. The lowest BCUT2D eigenvalue weighted by atomic mass is 10.1. The summed E-state index contributed by atoms with van der Waals surface area (Å²) in [6.45, 7) is 5.28. The number of hydrogen-bond acceptors (Lipinski definition) is 3. The van der Waals surface area contributed by atoms with Crippen molar-refractivity contribution in [3.8, 4) is 0 Å². The number of amides is 1. The molecule has 1 amide bonds. The molecule has 0 saturated heterocycles. The molecular formula is C18H24ClN3O2. The molecule has 0 radical (unpaired) electrons. The average Bonchev–Trinajstić information content (AvgIpc) is 2.91. The van der Waals surface area contributed by atoms with Crippen molar-refractivity contribution in [2.45, 2.75) is 32.7 Å². The van der Waals surface area contributed by atoms with E-state index < -0.39 is 0 Å². The summed E-state index contributed by atoms with van der Waals surface area (Å²) >= 11 is 6.20. The summed E-state index contributed by atoms with van der Waals surface area (Å²) in [6, 6.07) is 5.88. The van der Waals surface area contributed by atoms with Gasteiger partial charge in [0.15, 0.2) is 5.15 Å². The minimum Gasteiger partial charge on any atom is -0.383 e. The van der Waals surface area contributed by atoms with Gasteiger partial charge in [0.2, 0.25) is 5.91 Å². The van der Waals surface area contributed by atoms with Crippen molar-refractivity contribution >= 4 is 29.2 Å². The Balaban J connectivity index is 2.23. The largest absolute Gasteiger partial charge is 0.383 e. The second kappa shape index (κ2) is 8.85. The van der Waals surface area contributed by atoms with Crippen LogP contribution in [0.3, 0.4) is 0 Å². The summed E-state index contributed by atoms with van der Waals surface area (Å²) in [6.07, 6.45) is 7.00. The predicted molar refractivity (Wildman–Crippen MR) is 97.2 cm³/mol. The molecule has 0 saturated carbocycles. The second-order valence-electron chi connectivity index (χ2n) is 5.54. The van der Waals surface area contributed by atoms with Crippen LogP contribution >= 0.6 is 11.6 Å². The number of methoxy groups -OCH3 is 1. The molecule has 0 N–H and O–H groups in total. The van der Waals surface area contributed by atoms with Gasteiger partial charge in [-0.1, -0.05) is 31.5 Å². The van der Waals surface area contributed by atoms with Crippen LogP contribution in [0.1, 0.15) is 32.4 Å². The summed E-state index contributed by atoms with van der Waals surface area (Å²) in [4.78, 5) is 18.8. The molecule has 5 nitrogen and oxygen atoms in total. The Morgan fingerprint density at radius 2 is 2.17 bits per heavy atom. The van der Waals surface area contributed by atoms with Gasteiger partial charge in [0.25, 0.3) is 0 Å². The van der Waals surface area contributed by atoms with Gasteiger partial charge >= 0.3 is 0 Å². The Hall–Kier alpha value is -1.85. The zero-order chi connectivity index (χ0) is 17.5. The summed E-state index contributed by atoms with van der Waals surface area (Å²) in [5.41, 5.74) is 1.46. The lowest BCUT2D eigenvalue weighted by molar-refractivity contribution is -0.129. The van der Waals surface area contributed by atoms with Crippen LogP contribution in [0, 0.1) is 0 Å². The molecule has 2 aromatic rings. The lowest BCUT2D eigenvalue weighted by Crippen LogP contribution is -2.40. The van der Waals surface area contributed by atoms with Gasteiger partial charge in [0, 0.05) is 32.0 Å². The van der Waals surface area contributed by atoms with Crippen molar-refractivity contribution in [2.75, 3.05) is 20.3 Å². The van der Waals surface area contributed by atoms with E-state index in [1.807, 2.05) is 33.7 Å². The fraction of sp³-hybridized carbons (Fsp3) is 0.444. The molecule has 2 rings (SSSR count). The minimum atomic E-state index is -0.0392. The first-order chi connectivity index (χ1) is 11.6. The molecule has 2 heterocycles. The van der Waals surface area contributed by atoms with Gasteiger partial charge in [-0.25, -0.2) is 4.98 Å². The average molecular weight is 350 g/mol. The molecule has 2 aromatic heterocycles. The molecule has 130 valence electrons. The molecule has 0 bridgehead atoms. The van der Waals surface area contributed by atoms with Crippen molar-refractivity contribution < 1.29 is 9.53 Å². The summed E-state index contributed by atoms with van der Waals surface area (Å²) in [5, 5.41) is 0.385. The van der Waals surface area contributed by atoms with Gasteiger partial charge in [0.1, 0.15) is 5.65 Å². The summed E-state index contributed by atoms with van der Waals surface area (Å²) in [7, 11) is 1.64. The van der Waals surface area contributed by atoms with Crippen LogP contribution in [0.15, 0.2) is 30.5 Å². The van der Waals surface area contributed by atoms with Gasteiger partial charge in [-0.15, -0.1) is 0 Å². The highest BCUT2D eigenvalue weighted by Gasteiger charge is 2.19. The lowest BCUT2D eigenvalue weighted by Gasteiger charge is -2.29. The van der Waals surface area contributed by atoms with E-state index >= 15 is 0 Å². The van der Waals surface area contributed by atoms with Crippen molar-refractivity contribution in [1.29, 1.82) is 0 Å². The molecule has 0 unspecified atom stereocenters. The fourth-order valence-electron chi connectivity index (χ4n) is 2.77. The molecule has 0 fully saturated rings. The molecule has 0 aliphatic heterocycles. The molecule has 0 spiro atoms. The van der Waals surface area contributed by atoms with Crippen molar-refractivity contribution in [2.24, 2.45) is 0 Å². The maximum Gasteiger partial charge on any atom is 0.246 e. The van der Waals surface area contributed by atoms with Crippen molar-refractivity contribution in [1.82, 2.24) is 14.3 Å². The van der Waals surface area contributed by atoms with Crippen LogP contribution in [0.4, 0.5) is 0 Å². The maximum atomic E-state index is 12.7. The number of pyridine rings is 1. The Bertz CT molecular complexity index is 707. The number of carbonyl (C=O) groups excluding carboxylic acids is 1. The fourth-order valence-corrected chi connectivity index (χ4v) is 3.01. The Morgan fingerprint density at radius 1 is 1.42 bits per heavy atom. The molecular weight excluding hydrogens is 326 g/mol. The van der Waals surface area contributed by atoms with Crippen LogP contribution in [0.2, 0.25) is 5.15 Å². The van der Waals surface area contributed by atoms with Crippen LogP contribution in [0.5, 0.6) is 0 Å². The van der Waals surface area contributed by atoms with Gasteiger partial charge in [-0.05, 0) is 31.1 Å². The number of carbonyl (C=O) groups is 1. The van der Waals surface area contributed by atoms with Gasteiger partial charge in [0.05, 0.1) is 12.3 Å². The zero-order valence-electron chi connectivity index (χ0n) is 14.4. The summed E-state index contributed by atoms with van der Waals surface area (Å²) in [5.74, 6) is -0.0392. The van der Waals surface area contributed by atoms with Gasteiger partial charge < -0.3 is 9.64 Å². The Labute approximate surface area is 147 Å². The Morgan fingerprint density at radius 3 is 2.83 bits per heavy atom. The number of ether oxygens (including phenoxy) is 1. The van der Waals surface area contributed by atoms with Crippen molar-refractivity contribution in [3.63, 3.8) is 0 Å². The number of nitrogens with zero attached hydrogens (tertiary/aromatic N) is 3. The molecule has 0 aliphatic rings. The van der Waals surface area contributed by atoms with E-state index in [4.69, 9.17) is 16.3 Å². The zero-order valence-corrected chi connectivity index (χ0v) is 15.2. The normalized spacial score (nSPS) is 11.7. The van der Waals surface area contributed by atoms with E-state index in [1.54, 1.807) is 19.3 Å². The van der Waals surface area contributed by atoms with Crippen molar-refractivity contribution in [3.05, 3.63) is 41.3 Å². The van der Waals surface area contributed by atoms with Crippen LogP contribution < -0.4 is 0 Å². The summed E-state index contributed by atoms with van der Waals surface area (Å²) < 4.78 is 7.00. The first kappa shape index (κ1) is 18.5. The van der Waals surface area contributed by atoms with E-state index in [9.17, 15) is 4.79 Å². The molecule has 6 heteroatoms. The number of aromatic nitrogens is 2. The monoisotopic (exact) mass is 349 g/mol. The van der Waals surface area contributed by atoms with Gasteiger partial charge in [-0.2, -0.15) is 0 Å². The Kier molecular flexibility index (Phi) is 6.82. The number of rotatable bonds is 8. The first-order valence-electron chi connectivity index (χ1n) is 8.22. The highest BCUT2D eigenvalue weighted by Crippen LogP contribution is 2.19. The smallest absolute Gasteiger partial charge is 0.246 e. The first-order valence-corrected chi connectivity index (χ1v) is 8.60. The van der Waals surface area contributed by atoms with E-state index in [0.717, 1.165) is 18.5 Å². The third kappa shape index (κ3) is 4.16. The van der Waals surface area contributed by atoms with Crippen LogP contribution in [-0.2, 0) is 9.53 Å². The van der Waals surface area contributed by atoms with E-state index in [-0.39, 0.29) is 11.9 Å². The quantitative estimate of drug-likeness (QED) is 0.683. The third-order valence-electron chi connectivity index (χ3n) is 4.11. The minimum absolute atomic E-state index is 0.0392. The number of imidazole rings is 1. The van der Waals surface area contributed by atoms with E-state index in [0.29, 0.717) is 24.0 Å². The van der Waals surface area contributed by atoms with E-state index in [2.05, 4.69) is 18.8 Å². The number of halogens is 1. The van der Waals surface area contributed by atoms with Crippen LogP contribution in [-0.4, -0.2) is 46.5 Å². The highest BCUT2D eigenvalue weighted by atomic mass is 35.5. The second-order valence-corrected chi connectivity index (χ2v) is 5.90. The standard InChI is InChI=1S/C18H24ClN3O2/c1-4-14(5-2)21(12-13-24-3)17(23)10-9-15-18(19)20-16-8-6-7-11-22(15)16/h6-11,14H,4-5,12-13H2,1-3H3. The molecule has 24 heavy (non-hydrogen) atoms. The topological polar surface area (TPSA) is 46.8 Å².